The topological polar surface area (TPSA) is 85.0 Å². The molecule has 7 nitrogen and oxygen atoms in total. The predicted octanol–water partition coefficient (Wildman–Crippen LogP) is 1.67. The van der Waals surface area contributed by atoms with Crippen molar-refractivity contribution in [2.45, 2.75) is 45.7 Å². The van der Waals surface area contributed by atoms with Crippen LogP contribution in [0.2, 0.25) is 0 Å². The van der Waals surface area contributed by atoms with Crippen LogP contribution in [-0.2, 0) is 6.54 Å². The van der Waals surface area contributed by atoms with Gasteiger partial charge in [0.15, 0.2) is 0 Å². The molecule has 0 radical (unpaired) electrons. The van der Waals surface area contributed by atoms with E-state index in [2.05, 4.69) is 15.7 Å². The van der Waals surface area contributed by atoms with Crippen molar-refractivity contribution in [3.63, 3.8) is 0 Å². The van der Waals surface area contributed by atoms with E-state index in [0.717, 1.165) is 19.5 Å². The van der Waals surface area contributed by atoms with E-state index in [1.807, 2.05) is 6.92 Å². The quantitative estimate of drug-likeness (QED) is 0.605. The molecule has 19 heavy (non-hydrogen) atoms. The van der Waals surface area contributed by atoms with Gasteiger partial charge in [0.2, 0.25) is 5.82 Å². The molecule has 0 aromatic carbocycles. The molecule has 2 N–H and O–H groups in total. The molecule has 1 aliphatic rings. The molecule has 0 spiro atoms. The highest BCUT2D eigenvalue weighted by molar-refractivity contribution is 5.59. The Morgan fingerprint density at radius 2 is 2.42 bits per heavy atom. The molecular formula is C12H21N5O2. The second-order valence-electron chi connectivity index (χ2n) is 4.86. The summed E-state index contributed by atoms with van der Waals surface area (Å²) in [5.74, 6) is 0.531. The van der Waals surface area contributed by atoms with Gasteiger partial charge in [0.1, 0.15) is 5.69 Å². The van der Waals surface area contributed by atoms with Crippen LogP contribution in [0.3, 0.4) is 0 Å². The number of hydrogen-bond acceptors (Lipinski definition) is 5. The fourth-order valence-electron chi connectivity index (χ4n) is 2.56. The Labute approximate surface area is 112 Å². The van der Waals surface area contributed by atoms with Gasteiger partial charge in [0, 0.05) is 19.1 Å². The Morgan fingerprint density at radius 3 is 3.00 bits per heavy atom. The maximum absolute atomic E-state index is 11.1. The van der Waals surface area contributed by atoms with Gasteiger partial charge >= 0.3 is 5.69 Å². The molecule has 1 fully saturated rings. The van der Waals surface area contributed by atoms with Gasteiger partial charge in [-0.25, -0.2) is 4.68 Å². The normalized spacial score (nSPS) is 18.7. The minimum atomic E-state index is -0.357. The van der Waals surface area contributed by atoms with Crippen LogP contribution in [0.15, 0.2) is 0 Å². The fourth-order valence-corrected chi connectivity index (χ4v) is 2.56. The van der Waals surface area contributed by atoms with Gasteiger partial charge in [-0.05, 0) is 39.7 Å². The second kappa shape index (κ2) is 6.01. The summed E-state index contributed by atoms with van der Waals surface area (Å²) in [4.78, 5) is 10.7. The van der Waals surface area contributed by atoms with Crippen LogP contribution in [0.5, 0.6) is 0 Å². The number of anilines is 1. The summed E-state index contributed by atoms with van der Waals surface area (Å²) >= 11 is 0. The minimum absolute atomic E-state index is 0.0984. The Hall–Kier alpha value is -1.63. The summed E-state index contributed by atoms with van der Waals surface area (Å²) < 4.78 is 1.66. The fraction of sp³-hybridized carbons (Fsp3) is 0.750. The van der Waals surface area contributed by atoms with Crippen molar-refractivity contribution in [2.24, 2.45) is 0 Å². The summed E-state index contributed by atoms with van der Waals surface area (Å²) in [6.45, 7) is 6.03. The third kappa shape index (κ3) is 3.04. The third-order valence-corrected chi connectivity index (χ3v) is 3.53. The molecule has 2 rings (SSSR count). The summed E-state index contributed by atoms with van der Waals surface area (Å²) in [7, 11) is 0. The molecule has 106 valence electrons. The summed E-state index contributed by atoms with van der Waals surface area (Å²) in [6, 6.07) is 0.533. The Kier molecular flexibility index (Phi) is 4.36. The van der Waals surface area contributed by atoms with Crippen molar-refractivity contribution in [1.29, 1.82) is 0 Å². The average Bonchev–Trinajstić information content (AvgIpc) is 2.97. The van der Waals surface area contributed by atoms with E-state index in [4.69, 9.17) is 0 Å². The van der Waals surface area contributed by atoms with Crippen LogP contribution >= 0.6 is 0 Å². The molecule has 0 saturated carbocycles. The van der Waals surface area contributed by atoms with Crippen LogP contribution in [-0.4, -0.2) is 33.8 Å². The highest BCUT2D eigenvalue weighted by atomic mass is 16.6. The number of nitro groups is 1. The number of nitrogens with zero attached hydrogens (tertiary/aromatic N) is 3. The minimum Gasteiger partial charge on any atom is -0.364 e. The third-order valence-electron chi connectivity index (χ3n) is 3.53. The molecule has 7 heteroatoms. The van der Waals surface area contributed by atoms with Gasteiger partial charge in [-0.1, -0.05) is 0 Å². The molecule has 1 unspecified atom stereocenters. The maximum Gasteiger partial charge on any atom is 0.333 e. The zero-order valence-electron chi connectivity index (χ0n) is 11.5. The van der Waals surface area contributed by atoms with E-state index < -0.39 is 0 Å². The highest BCUT2D eigenvalue weighted by Crippen LogP contribution is 2.28. The van der Waals surface area contributed by atoms with Crippen molar-refractivity contribution in [2.75, 3.05) is 18.4 Å². The summed E-state index contributed by atoms with van der Waals surface area (Å²) in [5.41, 5.74) is 0.564. The zero-order chi connectivity index (χ0) is 13.8. The number of nitrogens with one attached hydrogen (secondary N) is 2. The van der Waals surface area contributed by atoms with E-state index in [1.165, 1.54) is 12.8 Å². The zero-order valence-corrected chi connectivity index (χ0v) is 11.5. The van der Waals surface area contributed by atoms with Crippen LogP contribution in [0.25, 0.3) is 0 Å². The van der Waals surface area contributed by atoms with E-state index in [9.17, 15) is 10.1 Å². The lowest BCUT2D eigenvalue weighted by atomic mass is 10.1. The molecule has 2 heterocycles. The SMILES string of the molecule is CCn1nc(C)c([N+](=O)[O-])c1NCCC1CCCN1. The second-order valence-corrected chi connectivity index (χ2v) is 4.86. The number of rotatable bonds is 6. The first-order valence-corrected chi connectivity index (χ1v) is 6.82. The number of aryl methyl sites for hydroxylation is 2. The molecule has 1 saturated heterocycles. The Balaban J connectivity index is 2.03. The van der Waals surface area contributed by atoms with Gasteiger partial charge in [0.25, 0.3) is 0 Å². The van der Waals surface area contributed by atoms with Crippen LogP contribution in [0, 0.1) is 17.0 Å². The van der Waals surface area contributed by atoms with Gasteiger partial charge in [-0.2, -0.15) is 5.10 Å². The van der Waals surface area contributed by atoms with E-state index >= 15 is 0 Å². The highest BCUT2D eigenvalue weighted by Gasteiger charge is 2.24. The average molecular weight is 267 g/mol. The van der Waals surface area contributed by atoms with Gasteiger partial charge < -0.3 is 10.6 Å². The monoisotopic (exact) mass is 267 g/mol. The van der Waals surface area contributed by atoms with E-state index in [0.29, 0.717) is 24.1 Å². The first-order chi connectivity index (χ1) is 9.13. The lowest BCUT2D eigenvalue weighted by Gasteiger charge is -2.11. The summed E-state index contributed by atoms with van der Waals surface area (Å²) in [5, 5.41) is 21.9. The van der Waals surface area contributed by atoms with Gasteiger partial charge in [-0.15, -0.1) is 0 Å². The maximum atomic E-state index is 11.1. The smallest absolute Gasteiger partial charge is 0.333 e. The van der Waals surface area contributed by atoms with Gasteiger partial charge in [0.05, 0.1) is 4.92 Å². The van der Waals surface area contributed by atoms with Crippen molar-refractivity contribution in [3.05, 3.63) is 15.8 Å². The largest absolute Gasteiger partial charge is 0.364 e. The standard InChI is InChI=1S/C12H21N5O2/c1-3-16-12(11(17(18)19)9(2)15-16)14-8-6-10-5-4-7-13-10/h10,13-14H,3-8H2,1-2H3. The molecule has 1 atom stereocenters. The lowest BCUT2D eigenvalue weighted by Crippen LogP contribution is -2.24. The predicted molar refractivity (Wildman–Crippen MR) is 73.4 cm³/mol. The van der Waals surface area contributed by atoms with Crippen LogP contribution < -0.4 is 10.6 Å². The molecule has 1 aliphatic heterocycles. The van der Waals surface area contributed by atoms with Gasteiger partial charge in [-0.3, -0.25) is 10.1 Å². The molecule has 0 bridgehead atoms. The summed E-state index contributed by atoms with van der Waals surface area (Å²) in [6.07, 6.45) is 3.39. The van der Waals surface area contributed by atoms with Crippen molar-refractivity contribution in [1.82, 2.24) is 15.1 Å². The molecule has 0 amide bonds. The van der Waals surface area contributed by atoms with Crippen LogP contribution in [0.4, 0.5) is 11.5 Å². The Morgan fingerprint density at radius 1 is 1.63 bits per heavy atom. The molecule has 0 aliphatic carbocycles. The molecule has 1 aromatic rings. The van der Waals surface area contributed by atoms with Crippen molar-refractivity contribution >= 4 is 11.5 Å². The number of hydrogen-bond donors (Lipinski definition) is 2. The van der Waals surface area contributed by atoms with Crippen LogP contribution in [0.1, 0.15) is 31.9 Å². The molecule has 1 aromatic heterocycles. The van der Waals surface area contributed by atoms with E-state index in [-0.39, 0.29) is 10.6 Å². The first-order valence-electron chi connectivity index (χ1n) is 6.82. The lowest BCUT2D eigenvalue weighted by molar-refractivity contribution is -0.384. The first kappa shape index (κ1) is 13.8. The Bertz CT molecular complexity index is 451. The molecular weight excluding hydrogens is 246 g/mol. The van der Waals surface area contributed by atoms with Crippen molar-refractivity contribution in [3.8, 4) is 0 Å². The van der Waals surface area contributed by atoms with Crippen molar-refractivity contribution < 1.29 is 4.92 Å². The number of aromatic nitrogens is 2. The van der Waals surface area contributed by atoms with E-state index in [1.54, 1.807) is 11.6 Å².